The Morgan fingerprint density at radius 3 is 2.92 bits per heavy atom. The Kier molecular flexibility index (Phi) is 1.86. The topological polar surface area (TPSA) is 55.9 Å². The number of imidazole rings is 1. The van der Waals surface area contributed by atoms with Gasteiger partial charge in [0, 0.05) is 19.4 Å². The van der Waals surface area contributed by atoms with Crippen LogP contribution in [0.5, 0.6) is 0 Å². The first-order valence-corrected chi connectivity index (χ1v) is 4.26. The highest BCUT2D eigenvalue weighted by atomic mass is 15.3. The monoisotopic (exact) mass is 166 g/mol. The average Bonchev–Trinajstić information content (AvgIpc) is 2.80. The van der Waals surface area contributed by atoms with Crippen molar-refractivity contribution in [2.75, 3.05) is 0 Å². The number of rotatable bonds is 3. The zero-order valence-corrected chi connectivity index (χ0v) is 7.20. The van der Waals surface area contributed by atoms with Gasteiger partial charge in [-0.15, -0.1) is 0 Å². The van der Waals surface area contributed by atoms with E-state index in [0.29, 0.717) is 5.92 Å². The summed E-state index contributed by atoms with van der Waals surface area (Å²) < 4.78 is 2.02. The predicted molar refractivity (Wildman–Crippen MR) is 46.0 cm³/mol. The van der Waals surface area contributed by atoms with E-state index in [4.69, 9.17) is 5.84 Å². The summed E-state index contributed by atoms with van der Waals surface area (Å²) in [6, 6.07) is 0.241. The van der Waals surface area contributed by atoms with Crippen molar-refractivity contribution in [2.24, 2.45) is 18.8 Å². The molecule has 0 saturated heterocycles. The molecule has 1 aliphatic rings. The SMILES string of the molecule is Cn1ccnc1C(NN)C1CC1. The van der Waals surface area contributed by atoms with Crippen LogP contribution in [0.4, 0.5) is 0 Å². The van der Waals surface area contributed by atoms with Crippen LogP contribution < -0.4 is 11.3 Å². The lowest BCUT2D eigenvalue weighted by Crippen LogP contribution is -2.31. The lowest BCUT2D eigenvalue weighted by atomic mass is 10.2. The fourth-order valence-electron chi connectivity index (χ4n) is 1.53. The number of aryl methyl sites for hydroxylation is 1. The summed E-state index contributed by atoms with van der Waals surface area (Å²) in [6.45, 7) is 0. The normalized spacial score (nSPS) is 19.5. The minimum absolute atomic E-state index is 0.241. The molecule has 4 heteroatoms. The Morgan fingerprint density at radius 2 is 2.50 bits per heavy atom. The third-order valence-corrected chi connectivity index (χ3v) is 2.41. The van der Waals surface area contributed by atoms with Crippen LogP contribution in [0.1, 0.15) is 24.7 Å². The van der Waals surface area contributed by atoms with Gasteiger partial charge < -0.3 is 4.57 Å². The van der Waals surface area contributed by atoms with Crippen molar-refractivity contribution < 1.29 is 0 Å². The van der Waals surface area contributed by atoms with E-state index < -0.39 is 0 Å². The Morgan fingerprint density at radius 1 is 1.75 bits per heavy atom. The molecule has 4 nitrogen and oxygen atoms in total. The zero-order chi connectivity index (χ0) is 8.55. The van der Waals surface area contributed by atoms with Crippen molar-refractivity contribution in [1.82, 2.24) is 15.0 Å². The van der Waals surface area contributed by atoms with Gasteiger partial charge in [0.25, 0.3) is 0 Å². The number of nitrogens with zero attached hydrogens (tertiary/aromatic N) is 2. The van der Waals surface area contributed by atoms with Crippen LogP contribution in [0.3, 0.4) is 0 Å². The minimum atomic E-state index is 0.241. The fraction of sp³-hybridized carbons (Fsp3) is 0.625. The van der Waals surface area contributed by atoms with Crippen molar-refractivity contribution in [1.29, 1.82) is 0 Å². The highest BCUT2D eigenvalue weighted by Gasteiger charge is 2.33. The number of hydrogen-bond donors (Lipinski definition) is 2. The number of nitrogens with two attached hydrogens (primary N) is 1. The standard InChI is InChI=1S/C8H14N4/c1-12-5-4-10-8(12)7(11-9)6-2-3-6/h4-7,11H,2-3,9H2,1H3. The summed E-state index contributed by atoms with van der Waals surface area (Å²) in [7, 11) is 2.00. The maximum atomic E-state index is 5.47. The van der Waals surface area contributed by atoms with Gasteiger partial charge in [0.2, 0.25) is 0 Å². The molecule has 0 bridgehead atoms. The Labute approximate surface area is 71.7 Å². The number of hydrogen-bond acceptors (Lipinski definition) is 3. The Bertz CT molecular complexity index is 264. The van der Waals surface area contributed by atoms with Crippen molar-refractivity contribution in [3.63, 3.8) is 0 Å². The molecular weight excluding hydrogens is 152 g/mol. The van der Waals surface area contributed by atoms with E-state index in [2.05, 4.69) is 10.4 Å². The van der Waals surface area contributed by atoms with Crippen LogP contribution in [0.25, 0.3) is 0 Å². The maximum Gasteiger partial charge on any atom is 0.127 e. The van der Waals surface area contributed by atoms with Crippen LogP contribution in [0, 0.1) is 5.92 Å². The molecule has 0 aliphatic heterocycles. The van der Waals surface area contributed by atoms with Crippen molar-refractivity contribution in [3.05, 3.63) is 18.2 Å². The van der Waals surface area contributed by atoms with E-state index >= 15 is 0 Å². The molecule has 1 aromatic heterocycles. The Hall–Kier alpha value is -0.870. The first-order chi connectivity index (χ1) is 5.83. The third kappa shape index (κ3) is 1.23. The molecule has 3 N–H and O–H groups in total. The molecular formula is C8H14N4. The molecule has 1 atom stereocenters. The van der Waals surface area contributed by atoms with Gasteiger partial charge in [-0.3, -0.25) is 5.84 Å². The number of hydrazine groups is 1. The van der Waals surface area contributed by atoms with Gasteiger partial charge in [0.15, 0.2) is 0 Å². The summed E-state index contributed by atoms with van der Waals surface area (Å²) in [5.41, 5.74) is 2.82. The van der Waals surface area contributed by atoms with Gasteiger partial charge in [0.05, 0.1) is 6.04 Å². The van der Waals surface area contributed by atoms with Crippen LogP contribution >= 0.6 is 0 Å². The third-order valence-electron chi connectivity index (χ3n) is 2.41. The summed E-state index contributed by atoms with van der Waals surface area (Å²) in [4.78, 5) is 4.27. The number of nitrogens with one attached hydrogen (secondary N) is 1. The highest BCUT2D eigenvalue weighted by molar-refractivity contribution is 5.03. The number of aromatic nitrogens is 2. The largest absolute Gasteiger partial charge is 0.337 e. The maximum absolute atomic E-state index is 5.47. The molecule has 1 aromatic rings. The van der Waals surface area contributed by atoms with E-state index in [1.54, 1.807) is 0 Å². The zero-order valence-electron chi connectivity index (χ0n) is 7.20. The summed E-state index contributed by atoms with van der Waals surface area (Å²) in [6.07, 6.45) is 6.29. The molecule has 2 rings (SSSR count). The average molecular weight is 166 g/mol. The van der Waals surface area contributed by atoms with E-state index in [0.717, 1.165) is 5.82 Å². The Balaban J connectivity index is 2.20. The van der Waals surface area contributed by atoms with Crippen LogP contribution in [0.15, 0.2) is 12.4 Å². The molecule has 1 saturated carbocycles. The first kappa shape index (κ1) is 7.76. The summed E-state index contributed by atoms with van der Waals surface area (Å²) >= 11 is 0. The van der Waals surface area contributed by atoms with Gasteiger partial charge in [0.1, 0.15) is 5.82 Å². The lowest BCUT2D eigenvalue weighted by Gasteiger charge is -2.13. The first-order valence-electron chi connectivity index (χ1n) is 4.26. The van der Waals surface area contributed by atoms with E-state index in [1.165, 1.54) is 12.8 Å². The smallest absolute Gasteiger partial charge is 0.127 e. The summed E-state index contributed by atoms with van der Waals surface area (Å²) in [5, 5.41) is 0. The van der Waals surface area contributed by atoms with Crippen molar-refractivity contribution in [2.45, 2.75) is 18.9 Å². The van der Waals surface area contributed by atoms with Gasteiger partial charge in [-0.05, 0) is 18.8 Å². The molecule has 1 aliphatic carbocycles. The quantitative estimate of drug-likeness (QED) is 0.502. The van der Waals surface area contributed by atoms with Gasteiger partial charge in [-0.1, -0.05) is 0 Å². The molecule has 0 aromatic carbocycles. The highest BCUT2D eigenvalue weighted by Crippen LogP contribution is 2.39. The summed E-state index contributed by atoms with van der Waals surface area (Å²) in [5.74, 6) is 7.20. The van der Waals surface area contributed by atoms with Crippen molar-refractivity contribution >= 4 is 0 Å². The van der Waals surface area contributed by atoms with Crippen LogP contribution in [-0.2, 0) is 7.05 Å². The molecule has 0 amide bonds. The molecule has 0 spiro atoms. The predicted octanol–water partition coefficient (Wildman–Crippen LogP) is 0.334. The molecule has 1 fully saturated rings. The van der Waals surface area contributed by atoms with E-state index in [-0.39, 0.29) is 6.04 Å². The molecule has 0 radical (unpaired) electrons. The van der Waals surface area contributed by atoms with E-state index in [9.17, 15) is 0 Å². The molecule has 1 heterocycles. The second-order valence-electron chi connectivity index (χ2n) is 3.38. The molecule has 66 valence electrons. The van der Waals surface area contributed by atoms with Gasteiger partial charge >= 0.3 is 0 Å². The van der Waals surface area contributed by atoms with E-state index in [1.807, 2.05) is 24.0 Å². The fourth-order valence-corrected chi connectivity index (χ4v) is 1.53. The second kappa shape index (κ2) is 2.88. The molecule has 1 unspecified atom stereocenters. The van der Waals surface area contributed by atoms with Gasteiger partial charge in [-0.25, -0.2) is 10.4 Å². The minimum Gasteiger partial charge on any atom is -0.337 e. The van der Waals surface area contributed by atoms with Crippen LogP contribution in [-0.4, -0.2) is 9.55 Å². The van der Waals surface area contributed by atoms with Crippen molar-refractivity contribution in [3.8, 4) is 0 Å². The van der Waals surface area contributed by atoms with Crippen LogP contribution in [0.2, 0.25) is 0 Å². The second-order valence-corrected chi connectivity index (χ2v) is 3.38. The molecule has 12 heavy (non-hydrogen) atoms. The van der Waals surface area contributed by atoms with Gasteiger partial charge in [-0.2, -0.15) is 0 Å². The lowest BCUT2D eigenvalue weighted by molar-refractivity contribution is 0.459.